The van der Waals surface area contributed by atoms with Gasteiger partial charge >= 0.3 is 0 Å². The fraction of sp³-hybridized carbons (Fsp3) is 1.00. The molecule has 0 radical (unpaired) electrons. The molecule has 0 fully saturated rings. The smallest absolute Gasteiger partial charge is 0.212 e. The number of hydrogen-bond acceptors (Lipinski definition) is 2. The number of nitrogens with zero attached hydrogens (tertiary/aromatic N) is 1. The molecule has 0 N–H and O–H groups in total. The Morgan fingerprint density at radius 1 is 1.07 bits per heavy atom. The number of sulfonamides is 1. The van der Waals surface area contributed by atoms with E-state index in [1.54, 1.807) is 4.31 Å². The second kappa shape index (κ2) is 8.36. The molecule has 5 heteroatoms. The van der Waals surface area contributed by atoms with Crippen LogP contribution in [0.2, 0.25) is 0 Å². The molecule has 0 aliphatic carbocycles. The van der Waals surface area contributed by atoms with Crippen molar-refractivity contribution in [3.63, 3.8) is 0 Å². The molecule has 0 spiro atoms. The third-order valence-corrected chi connectivity index (χ3v) is 4.39. The Balaban J connectivity index is 4.30. The Morgan fingerprint density at radius 3 is 2.20 bits per heavy atom. The van der Waals surface area contributed by atoms with Crippen molar-refractivity contribution in [1.29, 1.82) is 0 Å². The van der Waals surface area contributed by atoms with Gasteiger partial charge in [-0.1, -0.05) is 20.3 Å². The van der Waals surface area contributed by atoms with E-state index in [2.05, 4.69) is 6.92 Å². The van der Waals surface area contributed by atoms with E-state index in [0.717, 1.165) is 19.3 Å². The lowest BCUT2D eigenvalue weighted by atomic mass is 10.3. The maximum Gasteiger partial charge on any atom is 0.214 e. The third-order valence-electron chi connectivity index (χ3n) is 2.16. The van der Waals surface area contributed by atoms with Crippen molar-refractivity contribution < 1.29 is 8.42 Å². The Labute approximate surface area is 98.8 Å². The monoisotopic (exact) mass is 255 g/mol. The average molecular weight is 256 g/mol. The molecule has 0 aliphatic rings. The molecule has 0 saturated heterocycles. The highest BCUT2D eigenvalue weighted by molar-refractivity contribution is 7.89. The van der Waals surface area contributed by atoms with E-state index in [1.165, 1.54) is 0 Å². The van der Waals surface area contributed by atoms with Crippen LogP contribution in [0.25, 0.3) is 0 Å². The summed E-state index contributed by atoms with van der Waals surface area (Å²) in [6.07, 6.45) is 3.35. The molecule has 15 heavy (non-hydrogen) atoms. The Bertz CT molecular complexity index is 242. The summed E-state index contributed by atoms with van der Waals surface area (Å²) in [5.41, 5.74) is 0. The van der Waals surface area contributed by atoms with Crippen molar-refractivity contribution in [3.05, 3.63) is 0 Å². The molecule has 3 nitrogen and oxygen atoms in total. The Kier molecular flexibility index (Phi) is 8.47. The molecule has 0 aliphatic heterocycles. The largest absolute Gasteiger partial charge is 0.214 e. The highest BCUT2D eigenvalue weighted by Gasteiger charge is 2.19. The summed E-state index contributed by atoms with van der Waals surface area (Å²) in [4.78, 5) is 0. The van der Waals surface area contributed by atoms with E-state index < -0.39 is 10.0 Å². The van der Waals surface area contributed by atoms with Crippen molar-refractivity contribution in [1.82, 2.24) is 4.31 Å². The van der Waals surface area contributed by atoms with Gasteiger partial charge < -0.3 is 0 Å². The first-order valence-electron chi connectivity index (χ1n) is 5.62. The molecule has 0 rings (SSSR count). The minimum atomic E-state index is -3.07. The Hall–Kier alpha value is 0.200. The number of halogens is 1. The third kappa shape index (κ3) is 6.38. The minimum absolute atomic E-state index is 0.181. The summed E-state index contributed by atoms with van der Waals surface area (Å²) < 4.78 is 25.3. The summed E-state index contributed by atoms with van der Waals surface area (Å²) in [5.74, 6) is 0.590. The van der Waals surface area contributed by atoms with E-state index >= 15 is 0 Å². The molecule has 0 heterocycles. The highest BCUT2D eigenvalue weighted by atomic mass is 35.5. The summed E-state index contributed by atoms with van der Waals surface area (Å²) in [6, 6.07) is 0. The van der Waals surface area contributed by atoms with Gasteiger partial charge in [-0.2, -0.15) is 0 Å². The van der Waals surface area contributed by atoms with Crippen LogP contribution in [0.5, 0.6) is 0 Å². The van der Waals surface area contributed by atoms with Crippen LogP contribution < -0.4 is 0 Å². The lowest BCUT2D eigenvalue weighted by Crippen LogP contribution is -2.34. The maximum atomic E-state index is 11.9. The number of alkyl halides is 1. The van der Waals surface area contributed by atoms with Crippen molar-refractivity contribution >= 4 is 21.6 Å². The second-order valence-corrected chi connectivity index (χ2v) is 6.08. The van der Waals surface area contributed by atoms with Crippen molar-refractivity contribution in [2.24, 2.45) is 0 Å². The predicted molar refractivity (Wildman–Crippen MR) is 65.9 cm³/mol. The van der Waals surface area contributed by atoms with Crippen LogP contribution in [0.1, 0.15) is 39.5 Å². The summed E-state index contributed by atoms with van der Waals surface area (Å²) in [6.45, 7) is 5.34. The lowest BCUT2D eigenvalue weighted by Gasteiger charge is -2.21. The van der Waals surface area contributed by atoms with Gasteiger partial charge in [-0.25, -0.2) is 12.7 Å². The van der Waals surface area contributed by atoms with E-state index in [-0.39, 0.29) is 5.75 Å². The zero-order chi connectivity index (χ0) is 11.7. The fourth-order valence-electron chi connectivity index (χ4n) is 1.34. The van der Waals surface area contributed by atoms with Gasteiger partial charge in [0.05, 0.1) is 5.75 Å². The first-order valence-corrected chi connectivity index (χ1v) is 7.76. The van der Waals surface area contributed by atoms with Gasteiger partial charge in [0.25, 0.3) is 0 Å². The van der Waals surface area contributed by atoms with Gasteiger partial charge in [0.1, 0.15) is 0 Å². The van der Waals surface area contributed by atoms with Crippen LogP contribution in [0.4, 0.5) is 0 Å². The normalized spacial score (nSPS) is 12.3. The molecule has 0 amide bonds. The van der Waals surface area contributed by atoms with E-state index in [9.17, 15) is 8.42 Å². The molecule has 0 aromatic carbocycles. The first-order chi connectivity index (χ1) is 7.08. The quantitative estimate of drug-likeness (QED) is 0.594. The molecular formula is C10H22ClNO2S. The molecule has 0 aromatic heterocycles. The first kappa shape index (κ1) is 15.2. The topological polar surface area (TPSA) is 37.4 Å². The summed E-state index contributed by atoms with van der Waals surface area (Å²) in [7, 11) is -3.07. The molecule has 92 valence electrons. The Morgan fingerprint density at radius 2 is 1.73 bits per heavy atom. The molecule has 0 unspecified atom stereocenters. The minimum Gasteiger partial charge on any atom is -0.212 e. The molecule has 0 aromatic rings. The van der Waals surface area contributed by atoms with Gasteiger partial charge in [0.15, 0.2) is 0 Å². The fourth-order valence-corrected chi connectivity index (χ4v) is 3.27. The zero-order valence-electron chi connectivity index (χ0n) is 9.71. The van der Waals surface area contributed by atoms with Crippen LogP contribution in [0.15, 0.2) is 0 Å². The van der Waals surface area contributed by atoms with Crippen LogP contribution >= 0.6 is 11.6 Å². The maximum absolute atomic E-state index is 11.9. The van der Waals surface area contributed by atoms with E-state index in [0.29, 0.717) is 25.4 Å². The van der Waals surface area contributed by atoms with Gasteiger partial charge in [-0.05, 0) is 19.3 Å². The predicted octanol–water partition coefficient (Wildman–Crippen LogP) is 2.46. The van der Waals surface area contributed by atoms with Crippen LogP contribution in [0.3, 0.4) is 0 Å². The standard InChI is InChI=1S/C10H22ClNO2S/c1-3-5-9-12(8-4-2)15(13,14)10-6-7-11/h3-10H2,1-2H3. The van der Waals surface area contributed by atoms with E-state index in [4.69, 9.17) is 11.6 Å². The molecule has 0 bridgehead atoms. The van der Waals surface area contributed by atoms with E-state index in [1.807, 2.05) is 6.92 Å². The number of rotatable bonds is 9. The SMILES string of the molecule is CCCCN(CCC)S(=O)(=O)CCCCl. The zero-order valence-corrected chi connectivity index (χ0v) is 11.3. The molecule has 0 saturated carbocycles. The summed E-state index contributed by atoms with van der Waals surface area (Å²) in [5, 5.41) is 0. The van der Waals surface area contributed by atoms with Gasteiger partial charge in [-0.15, -0.1) is 11.6 Å². The van der Waals surface area contributed by atoms with Crippen LogP contribution in [0, 0.1) is 0 Å². The highest BCUT2D eigenvalue weighted by Crippen LogP contribution is 2.07. The number of unbranched alkanes of at least 4 members (excludes halogenated alkanes) is 1. The van der Waals surface area contributed by atoms with Crippen molar-refractivity contribution in [2.75, 3.05) is 24.7 Å². The molecular weight excluding hydrogens is 234 g/mol. The average Bonchev–Trinajstić information content (AvgIpc) is 2.21. The van der Waals surface area contributed by atoms with Crippen molar-refractivity contribution in [2.45, 2.75) is 39.5 Å². The summed E-state index contributed by atoms with van der Waals surface area (Å²) >= 11 is 5.51. The van der Waals surface area contributed by atoms with Crippen LogP contribution in [-0.2, 0) is 10.0 Å². The lowest BCUT2D eigenvalue weighted by molar-refractivity contribution is 0.402. The van der Waals surface area contributed by atoms with Crippen molar-refractivity contribution in [3.8, 4) is 0 Å². The van der Waals surface area contributed by atoms with Gasteiger partial charge in [-0.3, -0.25) is 0 Å². The molecule has 0 atom stereocenters. The second-order valence-electron chi connectivity index (χ2n) is 3.61. The van der Waals surface area contributed by atoms with Crippen LogP contribution in [-0.4, -0.2) is 37.4 Å². The van der Waals surface area contributed by atoms with Gasteiger partial charge in [0, 0.05) is 19.0 Å². The van der Waals surface area contributed by atoms with Gasteiger partial charge in [0.2, 0.25) is 10.0 Å². The number of hydrogen-bond donors (Lipinski definition) is 0.